The molecule has 5 heteroatoms. The van der Waals surface area contributed by atoms with E-state index < -0.39 is 12.0 Å². The molecule has 1 saturated carbocycles. The molecule has 0 bridgehead atoms. The number of benzene rings is 1. The first-order valence-electron chi connectivity index (χ1n) is 7.48. The summed E-state index contributed by atoms with van der Waals surface area (Å²) in [6.07, 6.45) is 5.11. The van der Waals surface area contributed by atoms with Gasteiger partial charge in [-0.3, -0.25) is 9.69 Å². The Balaban J connectivity index is 1.84. The second-order valence-corrected chi connectivity index (χ2v) is 6.55. The standard InChI is InChI=1S/C16H19ClFNO2/c17-12-6-5-11(13(18)8-12)9-19-14-4-2-1-3-10(14)7-15(19)16(20)21/h5-6,8,10,14-15H,1-4,7,9H2,(H,20,21). The molecule has 1 saturated heterocycles. The maximum Gasteiger partial charge on any atom is 0.320 e. The maximum absolute atomic E-state index is 14.0. The highest BCUT2D eigenvalue weighted by Gasteiger charge is 2.45. The average Bonchev–Trinajstić information content (AvgIpc) is 2.81. The van der Waals surface area contributed by atoms with E-state index in [1.165, 1.54) is 12.5 Å². The van der Waals surface area contributed by atoms with Crippen molar-refractivity contribution in [3.63, 3.8) is 0 Å². The van der Waals surface area contributed by atoms with Gasteiger partial charge >= 0.3 is 5.97 Å². The number of halogens is 2. The molecule has 21 heavy (non-hydrogen) atoms. The van der Waals surface area contributed by atoms with E-state index in [0.717, 1.165) is 19.3 Å². The molecule has 3 nitrogen and oxygen atoms in total. The van der Waals surface area contributed by atoms with Crippen molar-refractivity contribution in [3.05, 3.63) is 34.6 Å². The number of likely N-dealkylation sites (tertiary alicyclic amines) is 1. The molecule has 0 radical (unpaired) electrons. The summed E-state index contributed by atoms with van der Waals surface area (Å²) < 4.78 is 14.0. The molecule has 3 unspecified atom stereocenters. The van der Waals surface area contributed by atoms with Gasteiger partial charge in [0.25, 0.3) is 0 Å². The Hall–Kier alpha value is -1.13. The van der Waals surface area contributed by atoms with Crippen molar-refractivity contribution < 1.29 is 14.3 Å². The molecular weight excluding hydrogens is 293 g/mol. The summed E-state index contributed by atoms with van der Waals surface area (Å²) in [5.74, 6) is -0.708. The van der Waals surface area contributed by atoms with Crippen LogP contribution in [0.15, 0.2) is 18.2 Å². The lowest BCUT2D eigenvalue weighted by atomic mass is 9.84. The number of rotatable bonds is 3. The number of hydrogen-bond acceptors (Lipinski definition) is 2. The predicted molar refractivity (Wildman–Crippen MR) is 78.7 cm³/mol. The molecule has 1 aromatic rings. The SMILES string of the molecule is O=C(O)C1CC2CCCCC2N1Cc1ccc(Cl)cc1F. The number of aliphatic carboxylic acids is 1. The smallest absolute Gasteiger partial charge is 0.320 e. The van der Waals surface area contributed by atoms with Crippen LogP contribution >= 0.6 is 11.6 Å². The van der Waals surface area contributed by atoms with Gasteiger partial charge in [0.1, 0.15) is 11.9 Å². The van der Waals surface area contributed by atoms with Crippen molar-refractivity contribution in [2.45, 2.75) is 50.7 Å². The van der Waals surface area contributed by atoms with Crippen LogP contribution in [0.5, 0.6) is 0 Å². The van der Waals surface area contributed by atoms with Crippen molar-refractivity contribution >= 4 is 17.6 Å². The minimum atomic E-state index is -0.793. The van der Waals surface area contributed by atoms with E-state index >= 15 is 0 Å². The molecule has 0 spiro atoms. The highest BCUT2D eigenvalue weighted by atomic mass is 35.5. The van der Waals surface area contributed by atoms with Gasteiger partial charge in [0, 0.05) is 23.2 Å². The van der Waals surface area contributed by atoms with Crippen molar-refractivity contribution in [1.29, 1.82) is 0 Å². The first kappa shape index (κ1) is 14.8. The fourth-order valence-corrected chi connectivity index (χ4v) is 4.03. The topological polar surface area (TPSA) is 40.5 Å². The third-order valence-corrected chi connectivity index (χ3v) is 5.11. The van der Waals surface area contributed by atoms with E-state index in [1.54, 1.807) is 12.1 Å². The molecule has 0 amide bonds. The number of nitrogens with zero attached hydrogens (tertiary/aromatic N) is 1. The predicted octanol–water partition coefficient (Wildman–Crippen LogP) is 3.70. The molecule has 3 rings (SSSR count). The number of carboxylic acid groups (broad SMARTS) is 1. The van der Waals surface area contributed by atoms with Crippen LogP contribution < -0.4 is 0 Å². The van der Waals surface area contributed by atoms with Crippen molar-refractivity contribution in [2.75, 3.05) is 0 Å². The Kier molecular flexibility index (Phi) is 4.18. The van der Waals surface area contributed by atoms with Gasteiger partial charge in [-0.2, -0.15) is 0 Å². The van der Waals surface area contributed by atoms with Gasteiger partial charge < -0.3 is 5.11 Å². The normalized spacial score (nSPS) is 29.3. The van der Waals surface area contributed by atoms with E-state index in [-0.39, 0.29) is 11.9 Å². The maximum atomic E-state index is 14.0. The monoisotopic (exact) mass is 311 g/mol. The number of carbonyl (C=O) groups is 1. The van der Waals surface area contributed by atoms with Crippen LogP contribution in [0.25, 0.3) is 0 Å². The Morgan fingerprint density at radius 1 is 1.38 bits per heavy atom. The van der Waals surface area contributed by atoms with Crippen LogP contribution in [0.2, 0.25) is 5.02 Å². The summed E-state index contributed by atoms with van der Waals surface area (Å²) >= 11 is 5.78. The van der Waals surface area contributed by atoms with Crippen LogP contribution in [0, 0.1) is 11.7 Å². The fraction of sp³-hybridized carbons (Fsp3) is 0.562. The van der Waals surface area contributed by atoms with E-state index in [4.69, 9.17) is 11.6 Å². The minimum Gasteiger partial charge on any atom is -0.480 e. The van der Waals surface area contributed by atoms with Gasteiger partial charge in [-0.1, -0.05) is 30.5 Å². The summed E-state index contributed by atoms with van der Waals surface area (Å²) in [5, 5.41) is 9.83. The summed E-state index contributed by atoms with van der Waals surface area (Å²) in [6, 6.07) is 4.39. The Labute approximate surface area is 128 Å². The van der Waals surface area contributed by atoms with Crippen LogP contribution in [0.3, 0.4) is 0 Å². The molecule has 0 aromatic heterocycles. The lowest BCUT2D eigenvalue weighted by Crippen LogP contribution is -2.41. The summed E-state index contributed by atoms with van der Waals surface area (Å²) in [4.78, 5) is 13.5. The van der Waals surface area contributed by atoms with E-state index in [2.05, 4.69) is 0 Å². The molecule has 3 atom stereocenters. The lowest BCUT2D eigenvalue weighted by Gasteiger charge is -2.33. The highest BCUT2D eigenvalue weighted by Crippen LogP contribution is 2.40. The van der Waals surface area contributed by atoms with Crippen molar-refractivity contribution in [3.8, 4) is 0 Å². The molecule has 1 heterocycles. The van der Waals surface area contributed by atoms with Crippen LogP contribution in [0.4, 0.5) is 4.39 Å². The Morgan fingerprint density at radius 2 is 2.14 bits per heavy atom. The zero-order chi connectivity index (χ0) is 15.0. The molecule has 2 aliphatic rings. The zero-order valence-electron chi connectivity index (χ0n) is 11.8. The third-order valence-electron chi connectivity index (χ3n) is 4.87. The zero-order valence-corrected chi connectivity index (χ0v) is 12.5. The molecule has 1 N–H and O–H groups in total. The summed E-state index contributed by atoms with van der Waals surface area (Å²) in [7, 11) is 0. The largest absolute Gasteiger partial charge is 0.480 e. The van der Waals surface area contributed by atoms with E-state index in [0.29, 0.717) is 29.5 Å². The van der Waals surface area contributed by atoms with Gasteiger partial charge in [0.2, 0.25) is 0 Å². The van der Waals surface area contributed by atoms with Gasteiger partial charge in [-0.05, 0) is 37.3 Å². The second kappa shape index (κ2) is 5.93. The fourth-order valence-electron chi connectivity index (χ4n) is 3.87. The second-order valence-electron chi connectivity index (χ2n) is 6.11. The minimum absolute atomic E-state index is 0.273. The first-order chi connectivity index (χ1) is 10.1. The first-order valence-corrected chi connectivity index (χ1v) is 7.86. The van der Waals surface area contributed by atoms with E-state index in [9.17, 15) is 14.3 Å². The van der Waals surface area contributed by atoms with Gasteiger partial charge in [-0.15, -0.1) is 0 Å². The molecule has 2 fully saturated rings. The third kappa shape index (κ3) is 2.92. The molecule has 114 valence electrons. The lowest BCUT2D eigenvalue weighted by molar-refractivity contribution is -0.142. The highest BCUT2D eigenvalue weighted by molar-refractivity contribution is 6.30. The van der Waals surface area contributed by atoms with Crippen LogP contribution in [-0.4, -0.2) is 28.1 Å². The summed E-state index contributed by atoms with van der Waals surface area (Å²) in [5.41, 5.74) is 0.525. The van der Waals surface area contributed by atoms with Gasteiger partial charge in [0.15, 0.2) is 0 Å². The number of hydrogen-bond donors (Lipinski definition) is 1. The molecule has 1 aliphatic carbocycles. The van der Waals surface area contributed by atoms with Crippen molar-refractivity contribution in [1.82, 2.24) is 4.90 Å². The molecule has 1 aliphatic heterocycles. The molecule has 1 aromatic carbocycles. The summed E-state index contributed by atoms with van der Waals surface area (Å²) in [6.45, 7) is 0.348. The molecular formula is C16H19ClFNO2. The van der Waals surface area contributed by atoms with Crippen molar-refractivity contribution in [2.24, 2.45) is 5.92 Å². The van der Waals surface area contributed by atoms with Crippen LogP contribution in [-0.2, 0) is 11.3 Å². The number of carboxylic acids is 1. The quantitative estimate of drug-likeness (QED) is 0.925. The van der Waals surface area contributed by atoms with Gasteiger partial charge in [0.05, 0.1) is 0 Å². The Morgan fingerprint density at radius 3 is 2.86 bits per heavy atom. The number of fused-ring (bicyclic) bond motifs is 1. The van der Waals surface area contributed by atoms with E-state index in [1.807, 2.05) is 4.90 Å². The van der Waals surface area contributed by atoms with Gasteiger partial charge in [-0.25, -0.2) is 4.39 Å². The Bertz CT molecular complexity index is 551. The average molecular weight is 312 g/mol. The van der Waals surface area contributed by atoms with Crippen LogP contribution in [0.1, 0.15) is 37.7 Å².